The molecule has 8 heteroatoms. The molecule has 0 amide bonds. The topological polar surface area (TPSA) is 44.0 Å². The fourth-order valence-electron chi connectivity index (χ4n) is 5.48. The molecular weight excluding hydrogens is 528 g/mol. The smallest absolute Gasteiger partial charge is 0.262 e. The van der Waals surface area contributed by atoms with E-state index in [0.717, 1.165) is 13.1 Å². The lowest BCUT2D eigenvalue weighted by Crippen LogP contribution is -2.47. The van der Waals surface area contributed by atoms with Gasteiger partial charge in [0.2, 0.25) is 5.52 Å². The second kappa shape index (κ2) is 11.0. The first-order valence-corrected chi connectivity index (χ1v) is 15.3. The molecule has 2 aromatic carbocycles. The summed E-state index contributed by atoms with van der Waals surface area (Å²) in [6.07, 6.45) is 6.27. The van der Waals surface area contributed by atoms with Crippen LogP contribution >= 0.6 is 23.1 Å². The van der Waals surface area contributed by atoms with Gasteiger partial charge in [0.25, 0.3) is 5.01 Å². The van der Waals surface area contributed by atoms with Crippen molar-refractivity contribution in [2.45, 2.75) is 51.7 Å². The molecule has 0 atom stereocenters. The predicted molar refractivity (Wildman–Crippen MR) is 158 cm³/mol. The van der Waals surface area contributed by atoms with Crippen LogP contribution in [-0.4, -0.2) is 45.6 Å². The highest BCUT2D eigenvalue weighted by Gasteiger charge is 2.40. The molecule has 2 saturated heterocycles. The maximum absolute atomic E-state index is 5.90. The van der Waals surface area contributed by atoms with E-state index in [4.69, 9.17) is 18.9 Å². The van der Waals surface area contributed by atoms with E-state index in [1.54, 1.807) is 0 Å². The molecule has 0 N–H and O–H groups in total. The fourth-order valence-corrected chi connectivity index (χ4v) is 7.62. The SMILES string of the molecule is CC(C)(CN1/C(=C/C=C/c2sc3ccccc3[n+]2CC(C)(C)C2OCCO2)Sc2ccccc21)C1OCCO1. The minimum atomic E-state index is -0.194. The molecule has 0 spiro atoms. The number of benzene rings is 2. The van der Waals surface area contributed by atoms with Gasteiger partial charge in [0.15, 0.2) is 19.1 Å². The summed E-state index contributed by atoms with van der Waals surface area (Å²) in [7, 11) is 0. The van der Waals surface area contributed by atoms with Crippen LogP contribution in [0, 0.1) is 10.8 Å². The van der Waals surface area contributed by atoms with E-state index in [-0.39, 0.29) is 23.4 Å². The number of fused-ring (bicyclic) bond motifs is 2. The molecular formula is C31H37N2O4S2+. The average molecular weight is 566 g/mol. The second-order valence-corrected chi connectivity index (χ2v) is 13.8. The van der Waals surface area contributed by atoms with Crippen LogP contribution in [0.5, 0.6) is 0 Å². The molecule has 206 valence electrons. The molecule has 0 unspecified atom stereocenters. The van der Waals surface area contributed by atoms with Gasteiger partial charge in [0.1, 0.15) is 4.70 Å². The summed E-state index contributed by atoms with van der Waals surface area (Å²) in [6.45, 7) is 13.2. The molecule has 6 nitrogen and oxygen atoms in total. The van der Waals surface area contributed by atoms with Gasteiger partial charge in [-0.25, -0.2) is 0 Å². The van der Waals surface area contributed by atoms with Crippen LogP contribution < -0.4 is 9.47 Å². The monoisotopic (exact) mass is 565 g/mol. The van der Waals surface area contributed by atoms with Crippen LogP contribution in [0.25, 0.3) is 16.3 Å². The van der Waals surface area contributed by atoms with Crippen molar-refractivity contribution in [3.05, 3.63) is 70.7 Å². The number of ether oxygens (including phenoxy) is 4. The molecule has 1 aromatic heterocycles. The Bertz CT molecular complexity index is 1380. The van der Waals surface area contributed by atoms with Gasteiger partial charge in [-0.2, -0.15) is 4.57 Å². The molecule has 6 rings (SSSR count). The van der Waals surface area contributed by atoms with Crippen LogP contribution in [0.2, 0.25) is 0 Å². The zero-order valence-corrected chi connectivity index (χ0v) is 24.7. The van der Waals surface area contributed by atoms with Gasteiger partial charge in [-0.15, -0.1) is 0 Å². The Balaban J connectivity index is 1.29. The first-order chi connectivity index (χ1) is 18.8. The number of thiazole rings is 1. The zero-order valence-electron chi connectivity index (χ0n) is 23.1. The minimum absolute atomic E-state index is 0.165. The molecule has 0 bridgehead atoms. The summed E-state index contributed by atoms with van der Waals surface area (Å²) in [5.74, 6) is 0. The van der Waals surface area contributed by atoms with Crippen LogP contribution in [0.4, 0.5) is 5.69 Å². The van der Waals surface area contributed by atoms with Crippen molar-refractivity contribution in [2.75, 3.05) is 37.9 Å². The van der Waals surface area contributed by atoms with Crippen LogP contribution in [0.3, 0.4) is 0 Å². The highest BCUT2D eigenvalue weighted by Crippen LogP contribution is 2.47. The van der Waals surface area contributed by atoms with Gasteiger partial charge in [-0.3, -0.25) is 0 Å². The predicted octanol–water partition coefficient (Wildman–Crippen LogP) is 6.45. The van der Waals surface area contributed by atoms with E-state index in [2.05, 4.69) is 104 Å². The van der Waals surface area contributed by atoms with Gasteiger partial charge in [-0.1, -0.05) is 67.3 Å². The van der Waals surface area contributed by atoms with Crippen LogP contribution in [0.1, 0.15) is 32.7 Å². The molecule has 0 radical (unpaired) electrons. The quantitative estimate of drug-likeness (QED) is 0.292. The van der Waals surface area contributed by atoms with Crippen molar-refractivity contribution in [2.24, 2.45) is 10.8 Å². The second-order valence-electron chi connectivity index (χ2n) is 11.6. The maximum atomic E-state index is 5.90. The molecule has 39 heavy (non-hydrogen) atoms. The standard InChI is InChI=1S/C31H37N2O4S2/c1-30(2,28-34-16-17-35-28)20-32-22-10-5-7-12-24(22)38-26(32)14-9-15-27-33(23-11-6-8-13-25(23)39-27)21-31(3,4)29-36-18-19-37-29/h5-15,28-29H,16-21H2,1-4H3/q+1. The number of allylic oxidation sites excluding steroid dienone is 2. The lowest BCUT2D eigenvalue weighted by molar-refractivity contribution is -0.684. The van der Waals surface area contributed by atoms with Crippen LogP contribution in [0.15, 0.2) is 70.6 Å². The zero-order chi connectivity index (χ0) is 27.0. The summed E-state index contributed by atoms with van der Waals surface area (Å²) in [4.78, 5) is 3.68. The molecule has 3 aliphatic heterocycles. The third-order valence-electron chi connectivity index (χ3n) is 7.40. The van der Waals surface area contributed by atoms with E-state index >= 15 is 0 Å². The van der Waals surface area contributed by atoms with Crippen molar-refractivity contribution < 1.29 is 23.5 Å². The lowest BCUT2D eigenvalue weighted by atomic mass is 9.91. The molecule has 4 heterocycles. The summed E-state index contributed by atoms with van der Waals surface area (Å²) in [5, 5.41) is 2.42. The van der Waals surface area contributed by atoms with Gasteiger partial charge >= 0.3 is 0 Å². The van der Waals surface area contributed by atoms with E-state index in [9.17, 15) is 0 Å². The fraction of sp³-hybridized carbons (Fsp3) is 0.452. The Morgan fingerprint density at radius 3 is 2.26 bits per heavy atom. The molecule has 2 fully saturated rings. The summed E-state index contributed by atoms with van der Waals surface area (Å²) < 4.78 is 27.3. The number of para-hydroxylation sites is 2. The highest BCUT2D eigenvalue weighted by molar-refractivity contribution is 8.03. The number of aromatic nitrogens is 1. The Morgan fingerprint density at radius 1 is 0.872 bits per heavy atom. The van der Waals surface area contributed by atoms with Crippen molar-refractivity contribution in [1.82, 2.24) is 0 Å². The Labute approximate surface area is 239 Å². The normalized spacial score (nSPS) is 20.3. The average Bonchev–Trinajstić information content (AvgIpc) is 3.72. The molecule has 3 aromatic rings. The Hall–Kier alpha value is -2.20. The molecule has 0 saturated carbocycles. The highest BCUT2D eigenvalue weighted by atomic mass is 32.2. The lowest BCUT2D eigenvalue weighted by Gasteiger charge is -2.35. The largest absolute Gasteiger partial charge is 0.350 e. The number of thioether (sulfide) groups is 1. The minimum Gasteiger partial charge on any atom is -0.350 e. The third kappa shape index (κ3) is 5.56. The summed E-state index contributed by atoms with van der Waals surface area (Å²) in [5.41, 5.74) is 2.15. The van der Waals surface area contributed by atoms with Crippen molar-refractivity contribution >= 4 is 45.1 Å². The first-order valence-electron chi connectivity index (χ1n) is 13.6. The summed E-state index contributed by atoms with van der Waals surface area (Å²) >= 11 is 3.63. The van der Waals surface area contributed by atoms with E-state index in [0.29, 0.717) is 26.4 Å². The van der Waals surface area contributed by atoms with Gasteiger partial charge in [0.05, 0.1) is 42.6 Å². The third-order valence-corrected chi connectivity index (χ3v) is 9.66. The maximum Gasteiger partial charge on any atom is 0.262 e. The number of hydrogen-bond donors (Lipinski definition) is 0. The number of nitrogens with zero attached hydrogens (tertiary/aromatic N) is 2. The van der Waals surface area contributed by atoms with Crippen molar-refractivity contribution in [3.63, 3.8) is 0 Å². The van der Waals surface area contributed by atoms with E-state index < -0.39 is 0 Å². The summed E-state index contributed by atoms with van der Waals surface area (Å²) in [6, 6.07) is 17.2. The molecule has 3 aliphatic rings. The van der Waals surface area contributed by atoms with Gasteiger partial charge < -0.3 is 23.8 Å². The molecule has 0 aliphatic carbocycles. The van der Waals surface area contributed by atoms with Gasteiger partial charge in [-0.05, 0) is 38.1 Å². The van der Waals surface area contributed by atoms with Crippen molar-refractivity contribution in [1.29, 1.82) is 0 Å². The Kier molecular flexibility index (Phi) is 7.61. The number of rotatable bonds is 8. The van der Waals surface area contributed by atoms with E-state index in [1.807, 2.05) is 23.1 Å². The number of hydrogen-bond acceptors (Lipinski definition) is 7. The van der Waals surface area contributed by atoms with Gasteiger partial charge in [0, 0.05) is 29.0 Å². The first kappa shape index (κ1) is 27.0. The number of anilines is 1. The van der Waals surface area contributed by atoms with Crippen LogP contribution in [-0.2, 0) is 25.5 Å². The van der Waals surface area contributed by atoms with E-state index in [1.165, 1.54) is 30.8 Å². The van der Waals surface area contributed by atoms with Crippen molar-refractivity contribution in [3.8, 4) is 0 Å². The Morgan fingerprint density at radius 2 is 1.51 bits per heavy atom.